The van der Waals surface area contributed by atoms with Crippen molar-refractivity contribution in [2.75, 3.05) is 6.26 Å². The zero-order valence-electron chi connectivity index (χ0n) is 8.96. The second kappa shape index (κ2) is 5.30. The molecule has 5 heteroatoms. The van der Waals surface area contributed by atoms with Crippen molar-refractivity contribution >= 4 is 17.7 Å². The van der Waals surface area contributed by atoms with E-state index >= 15 is 0 Å². The van der Waals surface area contributed by atoms with Crippen molar-refractivity contribution in [2.45, 2.75) is 18.2 Å². The summed E-state index contributed by atoms with van der Waals surface area (Å²) in [4.78, 5) is 10.8. The number of hydrogen-bond donors (Lipinski definition) is 1. The number of carboxylic acids is 1. The molecule has 0 aliphatic heterocycles. The van der Waals surface area contributed by atoms with Crippen LogP contribution in [0.5, 0.6) is 0 Å². The van der Waals surface area contributed by atoms with E-state index in [-0.39, 0.29) is 16.9 Å². The number of rotatable bonds is 4. The van der Waals surface area contributed by atoms with Crippen LogP contribution in [-0.2, 0) is 11.2 Å². The van der Waals surface area contributed by atoms with Gasteiger partial charge in [-0.1, -0.05) is 6.92 Å². The van der Waals surface area contributed by atoms with Crippen LogP contribution in [0, 0.1) is 17.6 Å². The van der Waals surface area contributed by atoms with Gasteiger partial charge in [0.25, 0.3) is 0 Å². The molecule has 0 saturated heterocycles. The van der Waals surface area contributed by atoms with E-state index < -0.39 is 23.5 Å². The molecule has 1 unspecified atom stereocenters. The number of carboxylic acid groups (broad SMARTS) is 1. The number of benzene rings is 1. The lowest BCUT2D eigenvalue weighted by atomic mass is 10.0. The minimum Gasteiger partial charge on any atom is -0.481 e. The lowest BCUT2D eigenvalue weighted by Crippen LogP contribution is -2.13. The molecule has 88 valence electrons. The Morgan fingerprint density at radius 3 is 2.56 bits per heavy atom. The third-order valence-corrected chi connectivity index (χ3v) is 3.02. The molecular weight excluding hydrogens is 234 g/mol. The van der Waals surface area contributed by atoms with Crippen LogP contribution in [0.4, 0.5) is 8.78 Å². The molecule has 0 aliphatic carbocycles. The summed E-state index contributed by atoms with van der Waals surface area (Å²) in [5.74, 6) is -2.82. The van der Waals surface area contributed by atoms with Crippen LogP contribution in [0.2, 0.25) is 0 Å². The summed E-state index contributed by atoms with van der Waals surface area (Å²) in [5, 5.41) is 8.68. The first-order valence-electron chi connectivity index (χ1n) is 4.70. The summed E-state index contributed by atoms with van der Waals surface area (Å²) < 4.78 is 26.8. The van der Waals surface area contributed by atoms with Gasteiger partial charge >= 0.3 is 5.97 Å². The van der Waals surface area contributed by atoms with Crippen LogP contribution in [0.3, 0.4) is 0 Å². The smallest absolute Gasteiger partial charge is 0.306 e. The molecule has 1 rings (SSSR count). The summed E-state index contributed by atoms with van der Waals surface area (Å²) >= 11 is 1.11. The zero-order valence-corrected chi connectivity index (χ0v) is 9.78. The standard InChI is InChI=1S/C11H12F2O2S/c1-6(11(14)15)3-7-4-9(13)10(16-2)5-8(7)12/h4-6H,3H2,1-2H3,(H,14,15). The van der Waals surface area contributed by atoms with Crippen molar-refractivity contribution in [1.29, 1.82) is 0 Å². The van der Waals surface area contributed by atoms with Crippen LogP contribution >= 0.6 is 11.8 Å². The minimum atomic E-state index is -1.02. The van der Waals surface area contributed by atoms with Crippen molar-refractivity contribution in [3.63, 3.8) is 0 Å². The highest BCUT2D eigenvalue weighted by atomic mass is 32.2. The molecule has 1 aromatic rings. The fraction of sp³-hybridized carbons (Fsp3) is 0.364. The summed E-state index contributed by atoms with van der Waals surface area (Å²) in [5.41, 5.74) is 0.102. The highest BCUT2D eigenvalue weighted by Crippen LogP contribution is 2.24. The van der Waals surface area contributed by atoms with Gasteiger partial charge in [-0.25, -0.2) is 8.78 Å². The Morgan fingerprint density at radius 1 is 1.44 bits per heavy atom. The van der Waals surface area contributed by atoms with E-state index in [9.17, 15) is 13.6 Å². The van der Waals surface area contributed by atoms with Crippen LogP contribution in [0.15, 0.2) is 17.0 Å². The highest BCUT2D eigenvalue weighted by Gasteiger charge is 2.16. The monoisotopic (exact) mass is 246 g/mol. The summed E-state index contributed by atoms with van der Waals surface area (Å²) in [6.45, 7) is 1.46. The summed E-state index contributed by atoms with van der Waals surface area (Å²) in [6.07, 6.45) is 1.64. The second-order valence-corrected chi connectivity index (χ2v) is 4.37. The van der Waals surface area contributed by atoms with Gasteiger partial charge in [-0.2, -0.15) is 0 Å². The molecule has 0 fully saturated rings. The van der Waals surface area contributed by atoms with Crippen molar-refractivity contribution in [3.05, 3.63) is 29.3 Å². The molecule has 0 spiro atoms. The predicted octanol–water partition coefficient (Wildman–Crippen LogP) is 2.95. The average molecular weight is 246 g/mol. The van der Waals surface area contributed by atoms with E-state index in [1.165, 1.54) is 6.92 Å². The van der Waals surface area contributed by atoms with Gasteiger partial charge < -0.3 is 5.11 Å². The van der Waals surface area contributed by atoms with E-state index in [4.69, 9.17) is 5.11 Å². The van der Waals surface area contributed by atoms with Gasteiger partial charge in [0.05, 0.1) is 5.92 Å². The van der Waals surface area contributed by atoms with Gasteiger partial charge in [0, 0.05) is 4.90 Å². The first kappa shape index (κ1) is 13.0. The lowest BCUT2D eigenvalue weighted by Gasteiger charge is -2.09. The van der Waals surface area contributed by atoms with Gasteiger partial charge in [-0.15, -0.1) is 11.8 Å². The molecule has 0 amide bonds. The maximum absolute atomic E-state index is 13.5. The Kier molecular flexibility index (Phi) is 4.29. The normalized spacial score (nSPS) is 12.5. The molecule has 0 bridgehead atoms. The minimum absolute atomic E-state index is 0.00719. The molecule has 0 aliphatic rings. The maximum atomic E-state index is 13.5. The molecule has 16 heavy (non-hydrogen) atoms. The van der Waals surface area contributed by atoms with Crippen LogP contribution in [-0.4, -0.2) is 17.3 Å². The summed E-state index contributed by atoms with van der Waals surface area (Å²) in [6, 6.07) is 2.17. The van der Waals surface area contributed by atoms with Crippen LogP contribution < -0.4 is 0 Å². The molecule has 0 radical (unpaired) electrons. The number of carbonyl (C=O) groups is 1. The Morgan fingerprint density at radius 2 is 2.06 bits per heavy atom. The Hall–Kier alpha value is -1.10. The van der Waals surface area contributed by atoms with Crippen molar-refractivity contribution in [3.8, 4) is 0 Å². The number of hydrogen-bond acceptors (Lipinski definition) is 2. The fourth-order valence-corrected chi connectivity index (χ4v) is 1.78. The largest absolute Gasteiger partial charge is 0.481 e. The molecule has 0 aromatic heterocycles. The van der Waals surface area contributed by atoms with Crippen molar-refractivity contribution in [2.24, 2.45) is 5.92 Å². The maximum Gasteiger partial charge on any atom is 0.306 e. The molecule has 1 atom stereocenters. The lowest BCUT2D eigenvalue weighted by molar-refractivity contribution is -0.141. The number of thioether (sulfide) groups is 1. The molecule has 0 heterocycles. The first-order chi connectivity index (χ1) is 7.45. The van der Waals surface area contributed by atoms with Gasteiger partial charge in [-0.3, -0.25) is 4.79 Å². The predicted molar refractivity (Wildman–Crippen MR) is 58.6 cm³/mol. The van der Waals surface area contributed by atoms with Gasteiger partial charge in [-0.05, 0) is 30.4 Å². The van der Waals surface area contributed by atoms with E-state index in [0.717, 1.165) is 23.9 Å². The third kappa shape index (κ3) is 2.95. The first-order valence-corrected chi connectivity index (χ1v) is 5.93. The molecule has 0 saturated carbocycles. The Bertz CT molecular complexity index is 407. The number of halogens is 2. The number of aliphatic carboxylic acids is 1. The second-order valence-electron chi connectivity index (χ2n) is 3.52. The quantitative estimate of drug-likeness (QED) is 0.830. The summed E-state index contributed by atoms with van der Waals surface area (Å²) in [7, 11) is 0. The SMILES string of the molecule is CSc1cc(F)c(CC(C)C(=O)O)cc1F. The Labute approximate surface area is 96.7 Å². The van der Waals surface area contributed by atoms with Crippen molar-refractivity contribution < 1.29 is 18.7 Å². The van der Waals surface area contributed by atoms with E-state index in [1.807, 2.05) is 0 Å². The molecule has 1 N–H and O–H groups in total. The van der Waals surface area contributed by atoms with Crippen LogP contribution in [0.25, 0.3) is 0 Å². The average Bonchev–Trinajstić information content (AvgIpc) is 2.22. The van der Waals surface area contributed by atoms with E-state index in [0.29, 0.717) is 0 Å². The third-order valence-electron chi connectivity index (χ3n) is 2.27. The van der Waals surface area contributed by atoms with E-state index in [2.05, 4.69) is 0 Å². The Balaban J connectivity index is 2.98. The van der Waals surface area contributed by atoms with Gasteiger partial charge in [0.1, 0.15) is 11.6 Å². The topological polar surface area (TPSA) is 37.3 Å². The molecular formula is C11H12F2O2S. The highest BCUT2D eigenvalue weighted by molar-refractivity contribution is 7.98. The van der Waals surface area contributed by atoms with E-state index in [1.54, 1.807) is 6.26 Å². The van der Waals surface area contributed by atoms with Crippen molar-refractivity contribution in [1.82, 2.24) is 0 Å². The molecule has 1 aromatic carbocycles. The zero-order chi connectivity index (χ0) is 12.3. The fourth-order valence-electron chi connectivity index (χ4n) is 1.30. The van der Waals surface area contributed by atoms with Gasteiger partial charge in [0.2, 0.25) is 0 Å². The molecule has 2 nitrogen and oxygen atoms in total. The van der Waals surface area contributed by atoms with Gasteiger partial charge in [0.15, 0.2) is 0 Å². The van der Waals surface area contributed by atoms with Crippen LogP contribution in [0.1, 0.15) is 12.5 Å².